The number of ether oxygens (including phenoxy) is 1. The molecule has 1 aliphatic rings. The van der Waals surface area contributed by atoms with E-state index in [2.05, 4.69) is 0 Å². The lowest BCUT2D eigenvalue weighted by Crippen LogP contribution is -2.52. The zero-order valence-corrected chi connectivity index (χ0v) is 14.8. The Morgan fingerprint density at radius 3 is 2.48 bits per heavy atom. The van der Waals surface area contributed by atoms with Crippen LogP contribution < -0.4 is 0 Å². The van der Waals surface area contributed by atoms with Crippen molar-refractivity contribution in [2.75, 3.05) is 7.05 Å². The van der Waals surface area contributed by atoms with Crippen molar-refractivity contribution in [2.24, 2.45) is 0 Å². The second-order valence-electron chi connectivity index (χ2n) is 7.28. The van der Waals surface area contributed by atoms with Gasteiger partial charge in [-0.2, -0.15) is 13.2 Å². The fourth-order valence-electron chi connectivity index (χ4n) is 2.77. The summed E-state index contributed by atoms with van der Waals surface area (Å²) in [5.74, 6) is 0. The molecule has 1 atom stereocenters. The number of nitrogens with zero attached hydrogens (tertiary/aromatic N) is 1. The molecule has 1 aromatic heterocycles. The number of halogens is 3. The molecule has 1 heterocycles. The molecule has 1 aromatic rings. The van der Waals surface area contributed by atoms with Crippen molar-refractivity contribution >= 4 is 17.4 Å². The van der Waals surface area contributed by atoms with E-state index in [1.807, 2.05) is 6.92 Å². The van der Waals surface area contributed by atoms with E-state index in [0.29, 0.717) is 18.4 Å². The van der Waals surface area contributed by atoms with Gasteiger partial charge in [-0.15, -0.1) is 11.3 Å². The Labute approximate surface area is 138 Å². The standard InChI is InChI=1S/C16H22F3NO2S/c1-14(2,3)22-13(21)20(5)15(4)7-6-10-9-23-12(11(10)8-15)16(17,18)19/h9H,6-8H2,1-5H3. The summed E-state index contributed by atoms with van der Waals surface area (Å²) in [7, 11) is 1.60. The number of fused-ring (bicyclic) bond motifs is 1. The first-order valence-corrected chi connectivity index (χ1v) is 8.35. The molecule has 2 rings (SSSR count). The average molecular weight is 349 g/mol. The van der Waals surface area contributed by atoms with Gasteiger partial charge in [0.25, 0.3) is 0 Å². The molecule has 1 unspecified atom stereocenters. The number of hydrogen-bond acceptors (Lipinski definition) is 3. The highest BCUT2D eigenvalue weighted by Crippen LogP contribution is 2.44. The van der Waals surface area contributed by atoms with E-state index in [9.17, 15) is 18.0 Å². The number of amides is 1. The predicted molar refractivity (Wildman–Crippen MR) is 83.7 cm³/mol. The molecule has 0 saturated carbocycles. The number of thiophene rings is 1. The second-order valence-corrected chi connectivity index (χ2v) is 8.16. The fourth-order valence-corrected chi connectivity index (χ4v) is 3.77. The van der Waals surface area contributed by atoms with Crippen LogP contribution in [-0.2, 0) is 23.8 Å². The van der Waals surface area contributed by atoms with Crippen LogP contribution in [0, 0.1) is 0 Å². The van der Waals surface area contributed by atoms with Crippen LogP contribution >= 0.6 is 11.3 Å². The minimum atomic E-state index is -4.35. The van der Waals surface area contributed by atoms with Crippen LogP contribution in [-0.4, -0.2) is 29.2 Å². The lowest BCUT2D eigenvalue weighted by molar-refractivity contribution is -0.135. The Bertz CT molecular complexity index is 603. The Hall–Kier alpha value is -1.24. The summed E-state index contributed by atoms with van der Waals surface area (Å²) in [5, 5.41) is 1.59. The van der Waals surface area contributed by atoms with Crippen LogP contribution in [0.3, 0.4) is 0 Å². The molecule has 23 heavy (non-hydrogen) atoms. The van der Waals surface area contributed by atoms with Gasteiger partial charge < -0.3 is 9.64 Å². The molecule has 0 spiro atoms. The molecular weight excluding hydrogens is 327 g/mol. The van der Waals surface area contributed by atoms with Gasteiger partial charge >= 0.3 is 12.3 Å². The van der Waals surface area contributed by atoms with Gasteiger partial charge in [-0.25, -0.2) is 4.79 Å². The Morgan fingerprint density at radius 2 is 1.96 bits per heavy atom. The van der Waals surface area contributed by atoms with Crippen molar-refractivity contribution in [1.82, 2.24) is 4.90 Å². The van der Waals surface area contributed by atoms with E-state index in [1.165, 1.54) is 4.90 Å². The monoisotopic (exact) mass is 349 g/mol. The summed E-state index contributed by atoms with van der Waals surface area (Å²) in [5.41, 5.74) is -0.249. The van der Waals surface area contributed by atoms with Crippen LogP contribution in [0.1, 0.15) is 50.1 Å². The Balaban J connectivity index is 2.26. The predicted octanol–water partition coefficient (Wildman–Crippen LogP) is 4.88. The van der Waals surface area contributed by atoms with Gasteiger partial charge in [0, 0.05) is 12.6 Å². The number of hydrogen-bond donors (Lipinski definition) is 0. The average Bonchev–Trinajstić information content (AvgIpc) is 2.78. The Kier molecular flexibility index (Phi) is 4.47. The maximum Gasteiger partial charge on any atom is 0.425 e. The third kappa shape index (κ3) is 3.82. The lowest BCUT2D eigenvalue weighted by atomic mass is 9.79. The second kappa shape index (κ2) is 5.69. The topological polar surface area (TPSA) is 29.5 Å². The van der Waals surface area contributed by atoms with E-state index < -0.39 is 28.3 Å². The summed E-state index contributed by atoms with van der Waals surface area (Å²) in [4.78, 5) is 13.2. The van der Waals surface area contributed by atoms with E-state index in [1.54, 1.807) is 33.2 Å². The summed E-state index contributed by atoms with van der Waals surface area (Å²) in [6, 6.07) is 0. The molecule has 1 amide bonds. The molecule has 0 aromatic carbocycles. The number of alkyl halides is 3. The van der Waals surface area contributed by atoms with Gasteiger partial charge in [-0.1, -0.05) is 0 Å². The third-order valence-electron chi connectivity index (χ3n) is 4.21. The van der Waals surface area contributed by atoms with Crippen molar-refractivity contribution in [3.8, 4) is 0 Å². The van der Waals surface area contributed by atoms with Gasteiger partial charge in [0.1, 0.15) is 10.5 Å². The van der Waals surface area contributed by atoms with Gasteiger partial charge in [-0.3, -0.25) is 0 Å². The summed E-state index contributed by atoms with van der Waals surface area (Å²) in [6.45, 7) is 7.11. The van der Waals surface area contributed by atoms with Gasteiger partial charge in [0.2, 0.25) is 0 Å². The number of carbonyl (C=O) groups excluding carboxylic acids is 1. The van der Waals surface area contributed by atoms with Crippen molar-refractivity contribution in [3.63, 3.8) is 0 Å². The summed E-state index contributed by atoms with van der Waals surface area (Å²) in [6.07, 6.45) is -3.51. The van der Waals surface area contributed by atoms with Gasteiger partial charge in [-0.05, 0) is 63.5 Å². The van der Waals surface area contributed by atoms with Crippen molar-refractivity contribution in [2.45, 2.75) is 64.3 Å². The SMILES string of the molecule is CN(C(=O)OC(C)(C)C)C1(C)CCc2csc(C(F)(F)F)c2C1. The maximum absolute atomic E-state index is 13.1. The van der Waals surface area contributed by atoms with E-state index in [4.69, 9.17) is 4.74 Å². The first-order valence-electron chi connectivity index (χ1n) is 7.47. The smallest absolute Gasteiger partial charge is 0.425 e. The molecule has 3 nitrogen and oxygen atoms in total. The van der Waals surface area contributed by atoms with Crippen molar-refractivity contribution in [1.29, 1.82) is 0 Å². The van der Waals surface area contributed by atoms with E-state index in [-0.39, 0.29) is 6.42 Å². The molecule has 0 radical (unpaired) electrons. The molecule has 0 aliphatic heterocycles. The minimum Gasteiger partial charge on any atom is -0.444 e. The molecule has 1 aliphatic carbocycles. The van der Waals surface area contributed by atoms with E-state index in [0.717, 1.165) is 16.9 Å². The zero-order valence-electron chi connectivity index (χ0n) is 14.0. The fraction of sp³-hybridized carbons (Fsp3) is 0.688. The summed E-state index contributed by atoms with van der Waals surface area (Å²) >= 11 is 0.743. The maximum atomic E-state index is 13.1. The molecule has 0 saturated heterocycles. The first-order chi connectivity index (χ1) is 10.3. The quantitative estimate of drug-likeness (QED) is 0.723. The molecule has 130 valence electrons. The third-order valence-corrected chi connectivity index (χ3v) is 5.32. The van der Waals surface area contributed by atoms with Crippen molar-refractivity contribution < 1.29 is 22.7 Å². The van der Waals surface area contributed by atoms with Crippen LogP contribution in [0.5, 0.6) is 0 Å². The number of aryl methyl sites for hydroxylation is 1. The zero-order chi connectivity index (χ0) is 17.6. The van der Waals surface area contributed by atoms with Crippen LogP contribution in [0.15, 0.2) is 5.38 Å². The minimum absolute atomic E-state index is 0.191. The van der Waals surface area contributed by atoms with Crippen LogP contribution in [0.4, 0.5) is 18.0 Å². The number of rotatable bonds is 1. The van der Waals surface area contributed by atoms with Gasteiger partial charge in [0.05, 0.1) is 0 Å². The first kappa shape index (κ1) is 18.1. The highest BCUT2D eigenvalue weighted by molar-refractivity contribution is 7.10. The van der Waals surface area contributed by atoms with E-state index >= 15 is 0 Å². The van der Waals surface area contributed by atoms with Gasteiger partial charge in [0.15, 0.2) is 0 Å². The molecule has 0 bridgehead atoms. The molecule has 0 N–H and O–H groups in total. The summed E-state index contributed by atoms with van der Waals surface area (Å²) < 4.78 is 44.8. The molecule has 0 fully saturated rings. The van der Waals surface area contributed by atoms with Crippen LogP contribution in [0.25, 0.3) is 0 Å². The number of likely N-dealkylation sites (N-methyl/N-ethyl adjacent to an activating group) is 1. The molecule has 7 heteroatoms. The highest BCUT2D eigenvalue weighted by Gasteiger charge is 2.43. The lowest BCUT2D eigenvalue weighted by Gasteiger charge is -2.42. The van der Waals surface area contributed by atoms with Crippen LogP contribution in [0.2, 0.25) is 0 Å². The largest absolute Gasteiger partial charge is 0.444 e. The van der Waals surface area contributed by atoms with Crippen molar-refractivity contribution in [3.05, 3.63) is 21.4 Å². The normalized spacial score (nSPS) is 21.7. The highest BCUT2D eigenvalue weighted by atomic mass is 32.1. The molecular formula is C16H22F3NO2S. The Morgan fingerprint density at radius 1 is 1.35 bits per heavy atom. The number of carbonyl (C=O) groups is 1.